The summed E-state index contributed by atoms with van der Waals surface area (Å²) in [6.07, 6.45) is -0.281. The van der Waals surface area contributed by atoms with E-state index in [-0.39, 0.29) is 6.10 Å². The van der Waals surface area contributed by atoms with E-state index in [1.165, 1.54) is 0 Å². The minimum atomic E-state index is -0.403. The van der Waals surface area contributed by atoms with E-state index in [9.17, 15) is 4.79 Å². The van der Waals surface area contributed by atoms with Gasteiger partial charge in [-0.05, 0) is 25.5 Å². The standard InChI is InChI=1S/C12H17NO3/c1-8-5-4-6-10(13)11(8)12(14)16-9(2)7-15-3/h4-6,9H,7,13H2,1-3H3. The number of benzene rings is 1. The largest absolute Gasteiger partial charge is 0.457 e. The molecule has 0 aliphatic carbocycles. The van der Waals surface area contributed by atoms with Crippen LogP contribution in [0.4, 0.5) is 5.69 Å². The fourth-order valence-electron chi connectivity index (χ4n) is 1.48. The molecule has 2 N–H and O–H groups in total. The van der Waals surface area contributed by atoms with Gasteiger partial charge in [0, 0.05) is 12.8 Å². The highest BCUT2D eigenvalue weighted by Gasteiger charge is 2.16. The molecule has 1 atom stereocenters. The molecular weight excluding hydrogens is 206 g/mol. The first kappa shape index (κ1) is 12.5. The maximum absolute atomic E-state index is 11.8. The number of esters is 1. The molecule has 4 nitrogen and oxygen atoms in total. The van der Waals surface area contributed by atoms with Crippen molar-refractivity contribution in [3.05, 3.63) is 29.3 Å². The summed E-state index contributed by atoms with van der Waals surface area (Å²) >= 11 is 0. The molecule has 1 rings (SSSR count). The third-order valence-corrected chi connectivity index (χ3v) is 2.22. The van der Waals surface area contributed by atoms with Gasteiger partial charge in [-0.25, -0.2) is 4.79 Å². The van der Waals surface area contributed by atoms with E-state index in [1.54, 1.807) is 26.2 Å². The Balaban J connectivity index is 2.80. The third kappa shape index (κ3) is 2.97. The number of nitrogens with two attached hydrogens (primary N) is 1. The highest BCUT2D eigenvalue weighted by Crippen LogP contribution is 2.17. The Morgan fingerprint density at radius 3 is 2.75 bits per heavy atom. The molecule has 0 spiro atoms. The predicted octanol–water partition coefficient (Wildman–Crippen LogP) is 1.77. The Labute approximate surface area is 95.3 Å². The Bertz CT molecular complexity index is 356. The van der Waals surface area contributed by atoms with E-state index in [0.29, 0.717) is 17.9 Å². The van der Waals surface area contributed by atoms with Crippen molar-refractivity contribution < 1.29 is 14.3 Å². The summed E-state index contributed by atoms with van der Waals surface area (Å²) in [5, 5.41) is 0. The summed E-state index contributed by atoms with van der Waals surface area (Å²) in [6.45, 7) is 3.97. The number of methoxy groups -OCH3 is 1. The Kier molecular flexibility index (Phi) is 4.31. The molecule has 0 saturated heterocycles. The monoisotopic (exact) mass is 223 g/mol. The summed E-state index contributed by atoms with van der Waals surface area (Å²) < 4.78 is 10.1. The number of carbonyl (C=O) groups is 1. The quantitative estimate of drug-likeness (QED) is 0.624. The molecule has 1 aromatic rings. The fourth-order valence-corrected chi connectivity index (χ4v) is 1.48. The van der Waals surface area contributed by atoms with Gasteiger partial charge in [0.2, 0.25) is 0 Å². The van der Waals surface area contributed by atoms with Gasteiger partial charge in [-0.2, -0.15) is 0 Å². The van der Waals surface area contributed by atoms with Crippen LogP contribution in [-0.4, -0.2) is 25.8 Å². The molecule has 4 heteroatoms. The zero-order valence-corrected chi connectivity index (χ0v) is 9.82. The number of aryl methyl sites for hydroxylation is 1. The highest BCUT2D eigenvalue weighted by molar-refractivity contribution is 5.96. The summed E-state index contributed by atoms with van der Waals surface area (Å²) in [5.74, 6) is -0.403. The van der Waals surface area contributed by atoms with Crippen molar-refractivity contribution in [1.29, 1.82) is 0 Å². The van der Waals surface area contributed by atoms with Crippen LogP contribution in [-0.2, 0) is 9.47 Å². The molecule has 0 aromatic heterocycles. The zero-order chi connectivity index (χ0) is 12.1. The summed E-state index contributed by atoms with van der Waals surface area (Å²) in [6, 6.07) is 5.32. The third-order valence-electron chi connectivity index (χ3n) is 2.22. The lowest BCUT2D eigenvalue weighted by molar-refractivity contribution is 0.0120. The van der Waals surface area contributed by atoms with Gasteiger partial charge >= 0.3 is 5.97 Å². The summed E-state index contributed by atoms with van der Waals surface area (Å²) in [5.41, 5.74) is 7.43. The number of carbonyl (C=O) groups excluding carboxylic acids is 1. The first-order valence-corrected chi connectivity index (χ1v) is 5.11. The number of hydrogen-bond acceptors (Lipinski definition) is 4. The van der Waals surface area contributed by atoms with Gasteiger partial charge in [0.25, 0.3) is 0 Å². The predicted molar refractivity (Wildman–Crippen MR) is 62.3 cm³/mol. The van der Waals surface area contributed by atoms with Crippen molar-refractivity contribution in [2.24, 2.45) is 0 Å². The van der Waals surface area contributed by atoms with E-state index in [2.05, 4.69) is 0 Å². The van der Waals surface area contributed by atoms with Crippen LogP contribution in [0.15, 0.2) is 18.2 Å². The van der Waals surface area contributed by atoms with Crippen LogP contribution in [0.25, 0.3) is 0 Å². The van der Waals surface area contributed by atoms with E-state index < -0.39 is 5.97 Å². The van der Waals surface area contributed by atoms with Gasteiger partial charge in [0.15, 0.2) is 0 Å². The second kappa shape index (κ2) is 5.51. The maximum atomic E-state index is 11.8. The van der Waals surface area contributed by atoms with Crippen LogP contribution in [0.2, 0.25) is 0 Å². The lowest BCUT2D eigenvalue weighted by Gasteiger charge is -2.14. The van der Waals surface area contributed by atoms with Crippen LogP contribution >= 0.6 is 0 Å². The number of hydrogen-bond donors (Lipinski definition) is 1. The molecule has 0 amide bonds. The Hall–Kier alpha value is -1.55. The summed E-state index contributed by atoms with van der Waals surface area (Å²) in [7, 11) is 1.56. The molecule has 1 unspecified atom stereocenters. The lowest BCUT2D eigenvalue weighted by Crippen LogP contribution is -2.21. The van der Waals surface area contributed by atoms with Gasteiger partial charge in [-0.3, -0.25) is 0 Å². The van der Waals surface area contributed by atoms with Crippen LogP contribution in [0, 0.1) is 6.92 Å². The van der Waals surface area contributed by atoms with Crippen molar-refractivity contribution in [1.82, 2.24) is 0 Å². The van der Waals surface area contributed by atoms with Gasteiger partial charge in [-0.15, -0.1) is 0 Å². The van der Waals surface area contributed by atoms with Crippen molar-refractivity contribution in [3.63, 3.8) is 0 Å². The lowest BCUT2D eigenvalue weighted by atomic mass is 10.1. The minimum Gasteiger partial charge on any atom is -0.457 e. The van der Waals surface area contributed by atoms with Crippen LogP contribution < -0.4 is 5.73 Å². The average molecular weight is 223 g/mol. The molecule has 0 saturated carbocycles. The Morgan fingerprint density at radius 1 is 1.50 bits per heavy atom. The molecule has 88 valence electrons. The van der Waals surface area contributed by atoms with E-state index in [0.717, 1.165) is 5.56 Å². The number of rotatable bonds is 4. The van der Waals surface area contributed by atoms with Crippen LogP contribution in [0.5, 0.6) is 0 Å². The van der Waals surface area contributed by atoms with E-state index in [4.69, 9.17) is 15.2 Å². The van der Waals surface area contributed by atoms with Gasteiger partial charge in [-0.1, -0.05) is 12.1 Å². The highest BCUT2D eigenvalue weighted by atomic mass is 16.6. The maximum Gasteiger partial charge on any atom is 0.340 e. The normalized spacial score (nSPS) is 12.2. The molecule has 0 aliphatic rings. The second-order valence-electron chi connectivity index (χ2n) is 3.71. The Morgan fingerprint density at radius 2 is 2.19 bits per heavy atom. The van der Waals surface area contributed by atoms with Crippen LogP contribution in [0.1, 0.15) is 22.8 Å². The topological polar surface area (TPSA) is 61.5 Å². The molecule has 0 bridgehead atoms. The van der Waals surface area contributed by atoms with Gasteiger partial charge in [0.05, 0.1) is 12.2 Å². The molecule has 16 heavy (non-hydrogen) atoms. The van der Waals surface area contributed by atoms with E-state index in [1.807, 2.05) is 13.0 Å². The molecule has 0 fully saturated rings. The van der Waals surface area contributed by atoms with Gasteiger partial charge < -0.3 is 15.2 Å². The number of anilines is 1. The first-order valence-electron chi connectivity index (χ1n) is 5.11. The molecule has 1 aromatic carbocycles. The molecule has 0 aliphatic heterocycles. The fraction of sp³-hybridized carbons (Fsp3) is 0.417. The molecule has 0 radical (unpaired) electrons. The molecular formula is C12H17NO3. The van der Waals surface area contributed by atoms with Crippen molar-refractivity contribution in [3.8, 4) is 0 Å². The van der Waals surface area contributed by atoms with Crippen molar-refractivity contribution in [2.45, 2.75) is 20.0 Å². The molecule has 0 heterocycles. The zero-order valence-electron chi connectivity index (χ0n) is 9.82. The summed E-state index contributed by atoms with van der Waals surface area (Å²) in [4.78, 5) is 11.8. The van der Waals surface area contributed by atoms with Crippen molar-refractivity contribution >= 4 is 11.7 Å². The first-order chi connectivity index (χ1) is 7.56. The number of ether oxygens (including phenoxy) is 2. The minimum absolute atomic E-state index is 0.281. The second-order valence-corrected chi connectivity index (χ2v) is 3.71. The van der Waals surface area contributed by atoms with E-state index >= 15 is 0 Å². The van der Waals surface area contributed by atoms with Crippen molar-refractivity contribution in [2.75, 3.05) is 19.5 Å². The number of nitrogen functional groups attached to an aromatic ring is 1. The van der Waals surface area contributed by atoms with Gasteiger partial charge in [0.1, 0.15) is 6.10 Å². The smallest absolute Gasteiger partial charge is 0.340 e. The SMILES string of the molecule is COCC(C)OC(=O)c1c(C)cccc1N. The van der Waals surface area contributed by atoms with Crippen LogP contribution in [0.3, 0.4) is 0 Å². The average Bonchev–Trinajstić information content (AvgIpc) is 2.17.